The minimum absolute atomic E-state index is 0.115. The molecule has 3 aromatic rings. The van der Waals surface area contributed by atoms with Crippen LogP contribution in [0.15, 0.2) is 53.7 Å². The van der Waals surface area contributed by atoms with Crippen molar-refractivity contribution in [1.82, 2.24) is 20.1 Å². The van der Waals surface area contributed by atoms with Crippen molar-refractivity contribution < 1.29 is 14.3 Å². The summed E-state index contributed by atoms with van der Waals surface area (Å²) in [7, 11) is 1.58. The first-order valence-electron chi connectivity index (χ1n) is 11.2. The van der Waals surface area contributed by atoms with E-state index < -0.39 is 0 Å². The molecule has 180 valence electrons. The van der Waals surface area contributed by atoms with Gasteiger partial charge in [-0.1, -0.05) is 37.7 Å². The van der Waals surface area contributed by atoms with Crippen LogP contribution in [0, 0.1) is 0 Å². The molecule has 1 heterocycles. The third-order valence-corrected chi connectivity index (χ3v) is 6.31. The van der Waals surface area contributed by atoms with E-state index in [2.05, 4.69) is 34.7 Å². The van der Waals surface area contributed by atoms with Crippen molar-refractivity contribution in [1.29, 1.82) is 0 Å². The smallest absolute Gasteiger partial charge is 0.251 e. The molecule has 34 heavy (non-hydrogen) atoms. The van der Waals surface area contributed by atoms with E-state index in [4.69, 9.17) is 4.74 Å². The van der Waals surface area contributed by atoms with Gasteiger partial charge in [0.05, 0.1) is 18.9 Å². The molecule has 2 N–H and O–H groups in total. The Kier molecular flexibility index (Phi) is 8.70. The highest BCUT2D eigenvalue weighted by molar-refractivity contribution is 7.99. The average Bonchev–Trinajstić information content (AvgIpc) is 3.26. The molecule has 0 fully saturated rings. The van der Waals surface area contributed by atoms with Crippen molar-refractivity contribution in [2.24, 2.45) is 0 Å². The van der Waals surface area contributed by atoms with Crippen molar-refractivity contribution in [3.63, 3.8) is 0 Å². The highest BCUT2D eigenvalue weighted by Crippen LogP contribution is 2.22. The predicted molar refractivity (Wildman–Crippen MR) is 134 cm³/mol. The van der Waals surface area contributed by atoms with E-state index >= 15 is 0 Å². The van der Waals surface area contributed by atoms with Gasteiger partial charge in [-0.2, -0.15) is 0 Å². The van der Waals surface area contributed by atoms with E-state index in [0.29, 0.717) is 34.8 Å². The van der Waals surface area contributed by atoms with Crippen LogP contribution in [0.1, 0.15) is 61.4 Å². The second-order valence-corrected chi connectivity index (χ2v) is 9.06. The van der Waals surface area contributed by atoms with Gasteiger partial charge < -0.3 is 19.9 Å². The molecule has 0 spiro atoms. The van der Waals surface area contributed by atoms with Gasteiger partial charge in [-0.15, -0.1) is 10.2 Å². The summed E-state index contributed by atoms with van der Waals surface area (Å²) in [6.45, 7) is 8.72. The Balaban J connectivity index is 1.59. The first-order valence-corrected chi connectivity index (χ1v) is 12.2. The minimum Gasteiger partial charge on any atom is -0.497 e. The number of hydrogen-bond acceptors (Lipinski definition) is 6. The summed E-state index contributed by atoms with van der Waals surface area (Å²) >= 11 is 1.32. The molecule has 0 aliphatic heterocycles. The second kappa shape index (κ2) is 11.7. The fourth-order valence-electron chi connectivity index (χ4n) is 3.39. The number of nitrogens with zero attached hydrogens (tertiary/aromatic N) is 3. The second-order valence-electron chi connectivity index (χ2n) is 8.12. The summed E-state index contributed by atoms with van der Waals surface area (Å²) in [6, 6.07) is 14.4. The molecule has 0 aliphatic rings. The summed E-state index contributed by atoms with van der Waals surface area (Å²) in [5.74, 6) is 1.65. The fraction of sp³-hybridized carbons (Fsp3) is 0.360. The van der Waals surface area contributed by atoms with Crippen LogP contribution in [0.5, 0.6) is 5.75 Å². The van der Waals surface area contributed by atoms with E-state index in [1.807, 2.05) is 42.7 Å². The predicted octanol–water partition coefficient (Wildman–Crippen LogP) is 4.65. The van der Waals surface area contributed by atoms with Crippen molar-refractivity contribution >= 4 is 29.3 Å². The van der Waals surface area contributed by atoms with Gasteiger partial charge in [0.2, 0.25) is 5.91 Å². The Morgan fingerprint density at radius 3 is 2.29 bits per heavy atom. The van der Waals surface area contributed by atoms with Crippen LogP contribution in [0.3, 0.4) is 0 Å². The van der Waals surface area contributed by atoms with E-state index in [1.165, 1.54) is 17.3 Å². The highest BCUT2D eigenvalue weighted by Gasteiger charge is 2.20. The third kappa shape index (κ3) is 6.38. The lowest BCUT2D eigenvalue weighted by Crippen LogP contribution is -2.28. The minimum atomic E-state index is -0.357. The van der Waals surface area contributed by atoms with Gasteiger partial charge in [0.15, 0.2) is 11.0 Å². The quantitative estimate of drug-likeness (QED) is 0.409. The van der Waals surface area contributed by atoms with E-state index in [-0.39, 0.29) is 23.6 Å². The molecule has 0 saturated heterocycles. The number of anilines is 1. The number of nitrogens with one attached hydrogen (secondary N) is 2. The van der Waals surface area contributed by atoms with Crippen LogP contribution in [0.25, 0.3) is 0 Å². The Morgan fingerprint density at radius 2 is 1.71 bits per heavy atom. The molecular formula is C25H31N5O3S. The number of methoxy groups -OCH3 is 1. The summed E-state index contributed by atoms with van der Waals surface area (Å²) in [6.07, 6.45) is 0. The lowest BCUT2D eigenvalue weighted by Gasteiger charge is -2.15. The molecule has 0 unspecified atom stereocenters. The SMILES string of the molecule is CCn1c(SCC(=O)Nc2ccc(C(C)C)cc2)nnc1[C@@H](C)NC(=O)c1ccc(OC)cc1. The molecule has 0 saturated carbocycles. The van der Waals surface area contributed by atoms with Crippen molar-refractivity contribution in [3.05, 3.63) is 65.5 Å². The molecule has 0 radical (unpaired) electrons. The number of rotatable bonds is 10. The standard InChI is InChI=1S/C25H31N5O3S/c1-6-30-23(17(4)26-24(32)19-9-13-21(33-5)14-10-19)28-29-25(30)34-15-22(31)27-20-11-7-18(8-12-20)16(2)3/h7-14,16-17H,6,15H2,1-5H3,(H,26,32)(H,27,31)/t17-/m1/s1. The van der Waals surface area contributed by atoms with Crippen molar-refractivity contribution in [2.45, 2.75) is 51.4 Å². The number of amides is 2. The molecule has 8 nitrogen and oxygen atoms in total. The average molecular weight is 482 g/mol. The highest BCUT2D eigenvalue weighted by atomic mass is 32.2. The van der Waals surface area contributed by atoms with E-state index in [9.17, 15) is 9.59 Å². The molecule has 2 aromatic carbocycles. The van der Waals surface area contributed by atoms with Gasteiger partial charge in [0.1, 0.15) is 5.75 Å². The molecule has 1 atom stereocenters. The first-order chi connectivity index (χ1) is 16.3. The molecule has 2 amide bonds. The largest absolute Gasteiger partial charge is 0.497 e. The number of carbonyl (C=O) groups is 2. The molecule has 9 heteroatoms. The van der Waals surface area contributed by atoms with Crippen LogP contribution in [-0.4, -0.2) is 39.4 Å². The van der Waals surface area contributed by atoms with Crippen LogP contribution in [-0.2, 0) is 11.3 Å². The molecular weight excluding hydrogens is 450 g/mol. The van der Waals surface area contributed by atoms with Gasteiger partial charge in [-0.05, 0) is 61.7 Å². The maximum Gasteiger partial charge on any atom is 0.251 e. The Hall–Kier alpha value is -3.33. The fourth-order valence-corrected chi connectivity index (χ4v) is 4.20. The van der Waals surface area contributed by atoms with E-state index in [0.717, 1.165) is 5.69 Å². The summed E-state index contributed by atoms with van der Waals surface area (Å²) in [4.78, 5) is 25.1. The number of thioether (sulfide) groups is 1. The number of ether oxygens (including phenoxy) is 1. The number of hydrogen-bond donors (Lipinski definition) is 2. The molecule has 0 aliphatic carbocycles. The van der Waals surface area contributed by atoms with Gasteiger partial charge >= 0.3 is 0 Å². The lowest BCUT2D eigenvalue weighted by molar-refractivity contribution is -0.113. The zero-order valence-corrected chi connectivity index (χ0v) is 21.0. The molecule has 3 rings (SSSR count). The van der Waals surface area contributed by atoms with Crippen LogP contribution in [0.4, 0.5) is 5.69 Å². The van der Waals surface area contributed by atoms with E-state index in [1.54, 1.807) is 31.4 Å². The Labute approximate surface area is 204 Å². The zero-order valence-electron chi connectivity index (χ0n) is 20.2. The van der Waals surface area contributed by atoms with Gasteiger partial charge in [-0.25, -0.2) is 0 Å². The molecule has 0 bridgehead atoms. The zero-order chi connectivity index (χ0) is 24.7. The normalized spacial score (nSPS) is 11.8. The Morgan fingerprint density at radius 1 is 1.03 bits per heavy atom. The van der Waals surface area contributed by atoms with Crippen molar-refractivity contribution in [2.75, 3.05) is 18.2 Å². The first kappa shape index (κ1) is 25.3. The third-order valence-electron chi connectivity index (χ3n) is 5.34. The van der Waals surface area contributed by atoms with Gasteiger partial charge in [0.25, 0.3) is 5.91 Å². The topological polar surface area (TPSA) is 98.1 Å². The maximum atomic E-state index is 12.6. The van der Waals surface area contributed by atoms with Crippen LogP contribution < -0.4 is 15.4 Å². The number of carbonyl (C=O) groups excluding carboxylic acids is 2. The van der Waals surface area contributed by atoms with Crippen molar-refractivity contribution in [3.8, 4) is 5.75 Å². The summed E-state index contributed by atoms with van der Waals surface area (Å²) in [5.41, 5.74) is 2.52. The van der Waals surface area contributed by atoms with Gasteiger partial charge in [0, 0.05) is 17.8 Å². The lowest BCUT2D eigenvalue weighted by atomic mass is 10.0. The summed E-state index contributed by atoms with van der Waals surface area (Å²) in [5, 5.41) is 15.0. The van der Waals surface area contributed by atoms with Crippen LogP contribution >= 0.6 is 11.8 Å². The maximum absolute atomic E-state index is 12.6. The molecule has 1 aromatic heterocycles. The van der Waals surface area contributed by atoms with Crippen LogP contribution in [0.2, 0.25) is 0 Å². The summed E-state index contributed by atoms with van der Waals surface area (Å²) < 4.78 is 7.05. The Bertz CT molecular complexity index is 1110. The van der Waals surface area contributed by atoms with Gasteiger partial charge in [-0.3, -0.25) is 9.59 Å². The monoisotopic (exact) mass is 481 g/mol. The number of aromatic nitrogens is 3. The number of benzene rings is 2.